The molecule has 0 aromatic heterocycles. The first-order valence-electron chi connectivity index (χ1n) is 4.71. The van der Waals surface area contributed by atoms with Crippen molar-refractivity contribution < 1.29 is 5.11 Å². The summed E-state index contributed by atoms with van der Waals surface area (Å²) in [6.45, 7) is 1.06. The van der Waals surface area contributed by atoms with Crippen molar-refractivity contribution >= 4 is 22.6 Å². The number of hydrogen-bond acceptors (Lipinski definition) is 2. The minimum Gasteiger partial charge on any atom is -0.508 e. The molecule has 0 fully saturated rings. The van der Waals surface area contributed by atoms with E-state index in [1.54, 1.807) is 6.07 Å². The monoisotopic (exact) mass is 305 g/mol. The molecule has 0 radical (unpaired) electrons. The van der Waals surface area contributed by atoms with Gasteiger partial charge in [-0.25, -0.2) is 0 Å². The Morgan fingerprint density at radius 2 is 2.07 bits per heavy atom. The zero-order chi connectivity index (χ0) is 10.6. The first-order valence-corrected chi connectivity index (χ1v) is 5.79. The standard InChI is InChI=1S/C11H16INO/c1-13(2)7-3-4-9-8-10(12)5-6-11(9)14/h5-6,8,14H,3-4,7H2,1-2H3. The summed E-state index contributed by atoms with van der Waals surface area (Å²) >= 11 is 2.27. The molecule has 1 N–H and O–H groups in total. The average molecular weight is 305 g/mol. The van der Waals surface area contributed by atoms with E-state index in [0.717, 1.165) is 24.9 Å². The predicted molar refractivity (Wildman–Crippen MR) is 67.7 cm³/mol. The molecule has 14 heavy (non-hydrogen) atoms. The molecule has 0 bridgehead atoms. The largest absolute Gasteiger partial charge is 0.508 e. The van der Waals surface area contributed by atoms with Crippen molar-refractivity contribution in [3.05, 3.63) is 27.3 Å². The number of phenols is 1. The molecule has 0 atom stereocenters. The van der Waals surface area contributed by atoms with Crippen molar-refractivity contribution in [1.82, 2.24) is 4.90 Å². The maximum Gasteiger partial charge on any atom is 0.118 e. The molecular weight excluding hydrogens is 289 g/mol. The van der Waals surface area contributed by atoms with Gasteiger partial charge in [-0.2, -0.15) is 0 Å². The summed E-state index contributed by atoms with van der Waals surface area (Å²) in [7, 11) is 4.13. The quantitative estimate of drug-likeness (QED) is 0.864. The topological polar surface area (TPSA) is 23.5 Å². The number of benzene rings is 1. The lowest BCUT2D eigenvalue weighted by Crippen LogP contribution is -2.13. The van der Waals surface area contributed by atoms with Gasteiger partial charge in [0.2, 0.25) is 0 Å². The lowest BCUT2D eigenvalue weighted by molar-refractivity contribution is 0.397. The molecule has 0 aliphatic rings. The van der Waals surface area contributed by atoms with E-state index in [9.17, 15) is 5.11 Å². The van der Waals surface area contributed by atoms with E-state index in [0.29, 0.717) is 5.75 Å². The molecule has 1 aromatic carbocycles. The Balaban J connectivity index is 2.53. The van der Waals surface area contributed by atoms with Crippen LogP contribution in [0.5, 0.6) is 5.75 Å². The van der Waals surface area contributed by atoms with Crippen molar-refractivity contribution in [3.63, 3.8) is 0 Å². The molecule has 2 nitrogen and oxygen atoms in total. The van der Waals surface area contributed by atoms with Gasteiger partial charge in [0.05, 0.1) is 0 Å². The molecule has 0 aliphatic heterocycles. The SMILES string of the molecule is CN(C)CCCc1cc(I)ccc1O. The molecule has 0 spiro atoms. The van der Waals surface area contributed by atoms with Crippen LogP contribution in [0, 0.1) is 3.57 Å². The normalized spacial score (nSPS) is 10.9. The highest BCUT2D eigenvalue weighted by atomic mass is 127. The third-order valence-corrected chi connectivity index (χ3v) is 2.76. The van der Waals surface area contributed by atoms with Gasteiger partial charge in [-0.3, -0.25) is 0 Å². The van der Waals surface area contributed by atoms with Crippen molar-refractivity contribution in [1.29, 1.82) is 0 Å². The van der Waals surface area contributed by atoms with Gasteiger partial charge in [0.15, 0.2) is 0 Å². The zero-order valence-corrected chi connectivity index (χ0v) is 10.8. The van der Waals surface area contributed by atoms with Crippen molar-refractivity contribution in [2.45, 2.75) is 12.8 Å². The van der Waals surface area contributed by atoms with Crippen LogP contribution in [0.1, 0.15) is 12.0 Å². The maximum atomic E-state index is 9.58. The van der Waals surface area contributed by atoms with E-state index in [1.807, 2.05) is 12.1 Å². The molecule has 0 amide bonds. The van der Waals surface area contributed by atoms with Gasteiger partial charge in [0.1, 0.15) is 5.75 Å². The summed E-state index contributed by atoms with van der Waals surface area (Å²) in [6, 6.07) is 5.74. The molecule has 78 valence electrons. The van der Waals surface area contributed by atoms with E-state index >= 15 is 0 Å². The maximum absolute atomic E-state index is 9.58. The van der Waals surface area contributed by atoms with Crippen LogP contribution in [0.4, 0.5) is 0 Å². The fourth-order valence-electron chi connectivity index (χ4n) is 1.34. The van der Waals surface area contributed by atoms with Crippen LogP contribution >= 0.6 is 22.6 Å². The van der Waals surface area contributed by atoms with Gasteiger partial charge in [-0.1, -0.05) is 0 Å². The summed E-state index contributed by atoms with van der Waals surface area (Å²) in [5.74, 6) is 0.421. The predicted octanol–water partition coefficient (Wildman–Crippen LogP) is 2.49. The molecule has 0 unspecified atom stereocenters. The fourth-order valence-corrected chi connectivity index (χ4v) is 1.90. The summed E-state index contributed by atoms with van der Waals surface area (Å²) in [5.41, 5.74) is 1.05. The number of rotatable bonds is 4. The first-order chi connectivity index (χ1) is 6.59. The highest BCUT2D eigenvalue weighted by Crippen LogP contribution is 2.20. The molecule has 0 saturated carbocycles. The fraction of sp³-hybridized carbons (Fsp3) is 0.455. The van der Waals surface area contributed by atoms with Crippen molar-refractivity contribution in [3.8, 4) is 5.75 Å². The third kappa shape index (κ3) is 3.84. The highest BCUT2D eigenvalue weighted by molar-refractivity contribution is 14.1. The van der Waals surface area contributed by atoms with Crippen LogP contribution in [-0.2, 0) is 6.42 Å². The Labute approximate surface area is 99.1 Å². The average Bonchev–Trinajstić information content (AvgIpc) is 2.10. The van der Waals surface area contributed by atoms with Gasteiger partial charge in [0.25, 0.3) is 0 Å². The number of halogens is 1. The number of aromatic hydroxyl groups is 1. The van der Waals surface area contributed by atoms with Crippen molar-refractivity contribution in [2.24, 2.45) is 0 Å². The molecule has 1 rings (SSSR count). The van der Waals surface area contributed by atoms with Gasteiger partial charge >= 0.3 is 0 Å². The Hall–Kier alpha value is -0.290. The second-order valence-electron chi connectivity index (χ2n) is 3.68. The van der Waals surface area contributed by atoms with Crippen LogP contribution in [0.3, 0.4) is 0 Å². The van der Waals surface area contributed by atoms with Crippen LogP contribution in [0.2, 0.25) is 0 Å². The van der Waals surface area contributed by atoms with Crippen LogP contribution in [-0.4, -0.2) is 30.6 Å². The van der Waals surface area contributed by atoms with Crippen LogP contribution in [0.25, 0.3) is 0 Å². The Kier molecular flexibility index (Phi) is 4.68. The molecule has 0 heterocycles. The summed E-state index contributed by atoms with van der Waals surface area (Å²) < 4.78 is 1.18. The number of aryl methyl sites for hydroxylation is 1. The van der Waals surface area contributed by atoms with E-state index in [4.69, 9.17) is 0 Å². The minimum absolute atomic E-state index is 0.421. The van der Waals surface area contributed by atoms with Gasteiger partial charge in [0, 0.05) is 3.57 Å². The molecule has 3 heteroatoms. The smallest absolute Gasteiger partial charge is 0.118 e. The molecule has 0 aliphatic carbocycles. The van der Waals surface area contributed by atoms with Crippen LogP contribution < -0.4 is 0 Å². The van der Waals surface area contributed by atoms with E-state index < -0.39 is 0 Å². The number of hydrogen-bond donors (Lipinski definition) is 1. The summed E-state index contributed by atoms with van der Waals surface area (Å²) in [6.07, 6.45) is 2.03. The first kappa shape index (κ1) is 11.8. The Morgan fingerprint density at radius 1 is 1.36 bits per heavy atom. The molecule has 1 aromatic rings. The second kappa shape index (κ2) is 5.56. The lowest BCUT2D eigenvalue weighted by Gasteiger charge is -2.09. The number of nitrogens with zero attached hydrogens (tertiary/aromatic N) is 1. The Bertz CT molecular complexity index is 299. The van der Waals surface area contributed by atoms with E-state index in [-0.39, 0.29) is 0 Å². The Morgan fingerprint density at radius 3 is 2.71 bits per heavy atom. The summed E-state index contributed by atoms with van der Waals surface area (Å²) in [4.78, 5) is 2.16. The number of phenolic OH excluding ortho intramolecular Hbond substituents is 1. The van der Waals surface area contributed by atoms with E-state index in [2.05, 4.69) is 41.6 Å². The van der Waals surface area contributed by atoms with Gasteiger partial charge in [-0.05, 0) is 79.8 Å². The molecule has 0 saturated heterocycles. The molecular formula is C11H16INO. The van der Waals surface area contributed by atoms with E-state index in [1.165, 1.54) is 3.57 Å². The second-order valence-corrected chi connectivity index (χ2v) is 4.93. The minimum atomic E-state index is 0.421. The van der Waals surface area contributed by atoms with Gasteiger partial charge in [-0.15, -0.1) is 0 Å². The van der Waals surface area contributed by atoms with Gasteiger partial charge < -0.3 is 10.0 Å². The zero-order valence-electron chi connectivity index (χ0n) is 8.63. The summed E-state index contributed by atoms with van der Waals surface area (Å²) in [5, 5.41) is 9.58. The highest BCUT2D eigenvalue weighted by Gasteiger charge is 2.01. The lowest BCUT2D eigenvalue weighted by atomic mass is 10.1. The van der Waals surface area contributed by atoms with Crippen molar-refractivity contribution in [2.75, 3.05) is 20.6 Å². The third-order valence-electron chi connectivity index (χ3n) is 2.09. The van der Waals surface area contributed by atoms with Crippen LogP contribution in [0.15, 0.2) is 18.2 Å².